The molecule has 2 aromatic rings. The van der Waals surface area contributed by atoms with E-state index >= 15 is 0 Å². The monoisotopic (exact) mass is 327 g/mol. The van der Waals surface area contributed by atoms with Gasteiger partial charge in [0.25, 0.3) is 0 Å². The summed E-state index contributed by atoms with van der Waals surface area (Å²) in [6, 6.07) is 8.21. The summed E-state index contributed by atoms with van der Waals surface area (Å²) < 4.78 is 7.86. The van der Waals surface area contributed by atoms with Gasteiger partial charge in [-0.15, -0.1) is 0 Å². The number of nitrogens with one attached hydrogen (secondary N) is 2. The summed E-state index contributed by atoms with van der Waals surface area (Å²) in [5.74, 6) is 1.77. The number of benzene rings is 1. The van der Waals surface area contributed by atoms with E-state index in [9.17, 15) is 0 Å². The van der Waals surface area contributed by atoms with Gasteiger partial charge in [-0.3, -0.25) is 9.67 Å². The van der Waals surface area contributed by atoms with Gasteiger partial charge in [0.1, 0.15) is 11.9 Å². The highest BCUT2D eigenvalue weighted by Crippen LogP contribution is 2.27. The smallest absolute Gasteiger partial charge is 0.191 e. The van der Waals surface area contributed by atoms with E-state index in [1.165, 1.54) is 16.8 Å². The van der Waals surface area contributed by atoms with Crippen LogP contribution in [0.1, 0.15) is 22.5 Å². The predicted molar refractivity (Wildman–Crippen MR) is 95.4 cm³/mol. The molecule has 0 fully saturated rings. The Bertz CT molecular complexity index is 725. The fourth-order valence-electron chi connectivity index (χ4n) is 3.04. The third-order valence-corrected chi connectivity index (χ3v) is 4.53. The Kier molecular flexibility index (Phi) is 4.74. The van der Waals surface area contributed by atoms with Crippen LogP contribution in [0.4, 0.5) is 0 Å². The van der Waals surface area contributed by atoms with E-state index in [0.717, 1.165) is 30.4 Å². The third kappa shape index (κ3) is 3.37. The molecule has 24 heavy (non-hydrogen) atoms. The summed E-state index contributed by atoms with van der Waals surface area (Å²) in [5, 5.41) is 11.1. The maximum atomic E-state index is 5.95. The zero-order chi connectivity index (χ0) is 17.1. The summed E-state index contributed by atoms with van der Waals surface area (Å²) in [6.45, 7) is 5.54. The van der Waals surface area contributed by atoms with Crippen LogP contribution in [0.25, 0.3) is 0 Å². The molecule has 128 valence electrons. The minimum Gasteiger partial charge on any atom is -0.488 e. The molecule has 0 saturated heterocycles. The van der Waals surface area contributed by atoms with E-state index < -0.39 is 0 Å². The molecular formula is C18H25N5O. The van der Waals surface area contributed by atoms with Gasteiger partial charge in [-0.1, -0.05) is 18.2 Å². The van der Waals surface area contributed by atoms with Crippen molar-refractivity contribution in [3.8, 4) is 5.75 Å². The van der Waals surface area contributed by atoms with E-state index in [1.807, 2.05) is 30.8 Å². The van der Waals surface area contributed by atoms with Gasteiger partial charge in [-0.2, -0.15) is 5.10 Å². The van der Waals surface area contributed by atoms with Crippen molar-refractivity contribution in [2.75, 3.05) is 13.6 Å². The van der Waals surface area contributed by atoms with Crippen molar-refractivity contribution in [3.05, 3.63) is 46.8 Å². The lowest BCUT2D eigenvalue weighted by molar-refractivity contribution is 0.235. The zero-order valence-corrected chi connectivity index (χ0v) is 14.8. The molecule has 1 aromatic carbocycles. The molecular weight excluding hydrogens is 302 g/mol. The summed E-state index contributed by atoms with van der Waals surface area (Å²) in [6.07, 6.45) is 1.07. The Labute approximate surface area is 142 Å². The number of aromatic nitrogens is 2. The Morgan fingerprint density at radius 2 is 2.12 bits per heavy atom. The molecule has 1 aromatic heterocycles. The van der Waals surface area contributed by atoms with E-state index in [2.05, 4.69) is 39.8 Å². The molecule has 2 heterocycles. The molecule has 0 amide bonds. The van der Waals surface area contributed by atoms with Crippen LogP contribution in [0, 0.1) is 13.8 Å². The van der Waals surface area contributed by atoms with Gasteiger partial charge in [-0.05, 0) is 25.5 Å². The number of hydrogen-bond donors (Lipinski definition) is 2. The first-order valence-corrected chi connectivity index (χ1v) is 8.26. The number of rotatable bonds is 4. The zero-order valence-electron chi connectivity index (χ0n) is 14.8. The van der Waals surface area contributed by atoms with Crippen LogP contribution >= 0.6 is 0 Å². The average Bonchev–Trinajstić information content (AvgIpc) is 3.09. The van der Waals surface area contributed by atoms with Gasteiger partial charge in [0, 0.05) is 38.3 Å². The number of para-hydroxylation sites is 1. The molecule has 0 saturated carbocycles. The topological polar surface area (TPSA) is 63.5 Å². The Morgan fingerprint density at radius 3 is 2.79 bits per heavy atom. The summed E-state index contributed by atoms with van der Waals surface area (Å²) in [4.78, 5) is 4.29. The molecule has 0 spiro atoms. The quantitative estimate of drug-likeness (QED) is 0.663. The van der Waals surface area contributed by atoms with E-state index in [0.29, 0.717) is 6.54 Å². The van der Waals surface area contributed by atoms with Crippen molar-refractivity contribution in [2.45, 2.75) is 32.9 Å². The van der Waals surface area contributed by atoms with Gasteiger partial charge >= 0.3 is 0 Å². The lowest BCUT2D eigenvalue weighted by atomic mass is 10.1. The highest BCUT2D eigenvalue weighted by atomic mass is 16.5. The van der Waals surface area contributed by atoms with Crippen molar-refractivity contribution in [3.63, 3.8) is 0 Å². The largest absolute Gasteiger partial charge is 0.488 e. The van der Waals surface area contributed by atoms with Gasteiger partial charge in [0.2, 0.25) is 0 Å². The van der Waals surface area contributed by atoms with Crippen LogP contribution in [0.15, 0.2) is 29.3 Å². The van der Waals surface area contributed by atoms with Crippen LogP contribution in [-0.2, 0) is 20.0 Å². The second-order valence-electron chi connectivity index (χ2n) is 6.13. The molecule has 3 rings (SSSR count). The van der Waals surface area contributed by atoms with Crippen molar-refractivity contribution < 1.29 is 4.74 Å². The van der Waals surface area contributed by atoms with E-state index in [1.54, 1.807) is 7.05 Å². The van der Waals surface area contributed by atoms with Crippen LogP contribution in [0.2, 0.25) is 0 Å². The maximum Gasteiger partial charge on any atom is 0.191 e. The molecule has 2 N–H and O–H groups in total. The highest BCUT2D eigenvalue weighted by Gasteiger charge is 2.22. The number of aryl methyl sites for hydroxylation is 2. The molecule has 6 nitrogen and oxygen atoms in total. The van der Waals surface area contributed by atoms with Crippen molar-refractivity contribution in [2.24, 2.45) is 12.0 Å². The molecule has 0 aliphatic carbocycles. The first-order valence-electron chi connectivity index (χ1n) is 8.26. The van der Waals surface area contributed by atoms with Crippen molar-refractivity contribution in [1.29, 1.82) is 0 Å². The predicted octanol–water partition coefficient (Wildman–Crippen LogP) is 1.71. The normalized spacial score (nSPS) is 16.7. The lowest BCUT2D eigenvalue weighted by Gasteiger charge is -2.15. The van der Waals surface area contributed by atoms with Gasteiger partial charge in [0.05, 0.1) is 12.2 Å². The highest BCUT2D eigenvalue weighted by molar-refractivity contribution is 5.79. The first kappa shape index (κ1) is 16.4. The van der Waals surface area contributed by atoms with Gasteiger partial charge in [0.15, 0.2) is 5.96 Å². The number of nitrogens with zero attached hydrogens (tertiary/aromatic N) is 3. The number of hydrogen-bond acceptors (Lipinski definition) is 3. The summed E-state index contributed by atoms with van der Waals surface area (Å²) in [7, 11) is 3.75. The van der Waals surface area contributed by atoms with Crippen LogP contribution in [0.5, 0.6) is 5.75 Å². The number of ether oxygens (including phenoxy) is 1. The Balaban J connectivity index is 1.51. The lowest BCUT2D eigenvalue weighted by Crippen LogP contribution is -2.42. The number of fused-ring (bicyclic) bond motifs is 1. The average molecular weight is 327 g/mol. The number of guanidine groups is 1. The van der Waals surface area contributed by atoms with E-state index in [-0.39, 0.29) is 6.10 Å². The minimum absolute atomic E-state index is 0.141. The van der Waals surface area contributed by atoms with Gasteiger partial charge in [-0.25, -0.2) is 0 Å². The molecule has 1 aliphatic rings. The van der Waals surface area contributed by atoms with Crippen molar-refractivity contribution in [1.82, 2.24) is 20.4 Å². The third-order valence-electron chi connectivity index (χ3n) is 4.53. The van der Waals surface area contributed by atoms with E-state index in [4.69, 9.17) is 4.74 Å². The SMILES string of the molecule is CN=C(NCc1c(C)nn(C)c1C)NCC1Cc2ccccc2O1. The molecule has 1 aliphatic heterocycles. The van der Waals surface area contributed by atoms with Crippen molar-refractivity contribution >= 4 is 5.96 Å². The van der Waals surface area contributed by atoms with Crippen LogP contribution in [0.3, 0.4) is 0 Å². The maximum absolute atomic E-state index is 5.95. The summed E-state index contributed by atoms with van der Waals surface area (Å²) in [5.41, 5.74) is 4.70. The Hall–Kier alpha value is -2.50. The molecule has 6 heteroatoms. The van der Waals surface area contributed by atoms with Crippen LogP contribution < -0.4 is 15.4 Å². The first-order chi connectivity index (χ1) is 11.6. The Morgan fingerprint density at radius 1 is 1.33 bits per heavy atom. The molecule has 1 atom stereocenters. The molecule has 1 unspecified atom stereocenters. The summed E-state index contributed by atoms with van der Waals surface area (Å²) >= 11 is 0. The second kappa shape index (κ2) is 6.95. The number of aliphatic imine (C=N–C) groups is 1. The second-order valence-corrected chi connectivity index (χ2v) is 6.13. The molecule has 0 bridgehead atoms. The molecule has 0 radical (unpaired) electrons. The fraction of sp³-hybridized carbons (Fsp3) is 0.444. The minimum atomic E-state index is 0.141. The standard InChI is InChI=1S/C18H25N5O/c1-12-16(13(2)23(4)22-12)11-21-18(19-3)20-10-15-9-14-7-5-6-8-17(14)24-15/h5-8,15H,9-11H2,1-4H3,(H2,19,20,21). The van der Waals surface area contributed by atoms with Crippen LogP contribution in [-0.4, -0.2) is 35.4 Å². The van der Waals surface area contributed by atoms with Gasteiger partial charge < -0.3 is 15.4 Å². The fourth-order valence-corrected chi connectivity index (χ4v) is 3.04.